The summed E-state index contributed by atoms with van der Waals surface area (Å²) in [7, 11) is 0. The minimum Gasteiger partial charge on any atom is -0.366 e. The summed E-state index contributed by atoms with van der Waals surface area (Å²) in [5.74, 6) is 0.105. The molecule has 4 nitrogen and oxygen atoms in total. The van der Waals surface area contributed by atoms with Gasteiger partial charge in [0.05, 0.1) is 6.61 Å². The minimum atomic E-state index is -0.307. The van der Waals surface area contributed by atoms with Crippen LogP contribution in [0, 0.1) is 0 Å². The van der Waals surface area contributed by atoms with Gasteiger partial charge in [-0.2, -0.15) is 0 Å². The van der Waals surface area contributed by atoms with Crippen LogP contribution in [0.1, 0.15) is 11.1 Å². The highest BCUT2D eigenvalue weighted by Gasteiger charge is 2.30. The lowest BCUT2D eigenvalue weighted by atomic mass is 10.1. The van der Waals surface area contributed by atoms with Crippen LogP contribution in [0.2, 0.25) is 0 Å². The molecule has 3 rings (SSSR count). The van der Waals surface area contributed by atoms with Crippen LogP contribution in [0.3, 0.4) is 0 Å². The quantitative estimate of drug-likeness (QED) is 0.824. The number of hydrogen-bond acceptors (Lipinski definition) is 3. The first kappa shape index (κ1) is 13.3. The zero-order valence-electron chi connectivity index (χ0n) is 10.1. The Kier molecular flexibility index (Phi) is 4.22. The van der Waals surface area contributed by atoms with E-state index in [4.69, 9.17) is 4.74 Å². The summed E-state index contributed by atoms with van der Waals surface area (Å²) in [5.41, 5.74) is 2.51. The molecule has 2 heterocycles. The molecule has 0 aliphatic carbocycles. The van der Waals surface area contributed by atoms with E-state index in [9.17, 15) is 4.79 Å². The lowest BCUT2D eigenvalue weighted by Gasteiger charge is -2.26. The second-order valence-corrected chi connectivity index (χ2v) is 4.53. The largest absolute Gasteiger partial charge is 0.366 e. The van der Waals surface area contributed by atoms with E-state index in [1.165, 1.54) is 11.1 Å². The van der Waals surface area contributed by atoms with E-state index in [0.717, 1.165) is 19.6 Å². The highest BCUT2D eigenvalue weighted by molar-refractivity contribution is 5.85. The summed E-state index contributed by atoms with van der Waals surface area (Å²) >= 11 is 0. The van der Waals surface area contributed by atoms with Crippen molar-refractivity contribution in [3.05, 3.63) is 35.4 Å². The predicted molar refractivity (Wildman–Crippen MR) is 70.6 cm³/mol. The van der Waals surface area contributed by atoms with Crippen LogP contribution in [0.5, 0.6) is 0 Å². The average Bonchev–Trinajstić information content (AvgIpc) is 2.82. The Bertz CT molecular complexity index is 408. The molecular formula is C13H17ClN2O2. The number of carbonyl (C=O) groups is 1. The average molecular weight is 269 g/mol. The second-order valence-electron chi connectivity index (χ2n) is 4.53. The zero-order valence-corrected chi connectivity index (χ0v) is 10.9. The van der Waals surface area contributed by atoms with Gasteiger partial charge in [0.1, 0.15) is 6.10 Å². The second kappa shape index (κ2) is 5.69. The molecule has 1 saturated heterocycles. The molecule has 1 amide bonds. The van der Waals surface area contributed by atoms with Gasteiger partial charge in [-0.05, 0) is 11.1 Å². The molecule has 18 heavy (non-hydrogen) atoms. The van der Waals surface area contributed by atoms with E-state index in [1.54, 1.807) is 0 Å². The molecule has 1 aromatic rings. The third kappa shape index (κ3) is 2.51. The zero-order chi connectivity index (χ0) is 11.7. The molecule has 1 atom stereocenters. The SMILES string of the molecule is Cl.O=C(C1CNCCO1)N1Cc2ccccc2C1. The molecule has 5 heteroatoms. The van der Waals surface area contributed by atoms with Gasteiger partial charge in [0, 0.05) is 26.2 Å². The lowest BCUT2D eigenvalue weighted by Crippen LogP contribution is -2.48. The maximum atomic E-state index is 12.2. The van der Waals surface area contributed by atoms with E-state index in [0.29, 0.717) is 13.2 Å². The molecule has 1 aromatic carbocycles. The molecule has 1 unspecified atom stereocenters. The number of halogens is 1. The first-order valence-electron chi connectivity index (χ1n) is 6.02. The van der Waals surface area contributed by atoms with Gasteiger partial charge in [0.2, 0.25) is 0 Å². The number of rotatable bonds is 1. The summed E-state index contributed by atoms with van der Waals surface area (Å²) in [6.07, 6.45) is -0.307. The van der Waals surface area contributed by atoms with Gasteiger partial charge in [0.25, 0.3) is 5.91 Å². The lowest BCUT2D eigenvalue weighted by molar-refractivity contribution is -0.145. The van der Waals surface area contributed by atoms with Crippen molar-refractivity contribution in [3.8, 4) is 0 Å². The topological polar surface area (TPSA) is 41.6 Å². The Morgan fingerprint density at radius 3 is 2.50 bits per heavy atom. The number of morpholine rings is 1. The fourth-order valence-corrected chi connectivity index (χ4v) is 2.42. The smallest absolute Gasteiger partial charge is 0.253 e. The molecule has 98 valence electrons. The summed E-state index contributed by atoms with van der Waals surface area (Å²) in [6.45, 7) is 3.52. The molecule has 0 aromatic heterocycles. The van der Waals surface area contributed by atoms with Gasteiger partial charge in [-0.3, -0.25) is 4.79 Å². The summed E-state index contributed by atoms with van der Waals surface area (Å²) in [4.78, 5) is 14.1. The number of nitrogens with one attached hydrogen (secondary N) is 1. The van der Waals surface area contributed by atoms with Crippen molar-refractivity contribution in [2.24, 2.45) is 0 Å². The van der Waals surface area contributed by atoms with Gasteiger partial charge in [0.15, 0.2) is 0 Å². The van der Waals surface area contributed by atoms with E-state index < -0.39 is 0 Å². The molecule has 0 radical (unpaired) electrons. The Morgan fingerprint density at radius 1 is 1.28 bits per heavy atom. The number of carbonyl (C=O) groups excluding carboxylic acids is 1. The maximum absolute atomic E-state index is 12.2. The van der Waals surface area contributed by atoms with Crippen molar-refractivity contribution in [2.75, 3.05) is 19.7 Å². The van der Waals surface area contributed by atoms with Crippen LogP contribution in [0.25, 0.3) is 0 Å². The van der Waals surface area contributed by atoms with E-state index in [1.807, 2.05) is 17.0 Å². The van der Waals surface area contributed by atoms with Crippen molar-refractivity contribution in [1.29, 1.82) is 0 Å². The Labute approximate surface area is 113 Å². The van der Waals surface area contributed by atoms with Crippen molar-refractivity contribution >= 4 is 18.3 Å². The standard InChI is InChI=1S/C13H16N2O2.ClH/c16-13(12-7-14-5-6-17-12)15-8-10-3-1-2-4-11(10)9-15;/h1-4,12,14H,5-9H2;1H. The van der Waals surface area contributed by atoms with Crippen molar-refractivity contribution in [3.63, 3.8) is 0 Å². The summed E-state index contributed by atoms with van der Waals surface area (Å²) < 4.78 is 5.50. The van der Waals surface area contributed by atoms with Crippen LogP contribution >= 0.6 is 12.4 Å². The molecule has 2 aliphatic rings. The van der Waals surface area contributed by atoms with Gasteiger partial charge in [-0.15, -0.1) is 12.4 Å². The van der Waals surface area contributed by atoms with Crippen LogP contribution in [0.15, 0.2) is 24.3 Å². The third-order valence-electron chi connectivity index (χ3n) is 3.36. The molecule has 1 N–H and O–H groups in total. The monoisotopic (exact) mass is 268 g/mol. The van der Waals surface area contributed by atoms with Gasteiger partial charge in [-0.1, -0.05) is 24.3 Å². The first-order chi connectivity index (χ1) is 8.34. The molecule has 0 spiro atoms. The van der Waals surface area contributed by atoms with Crippen molar-refractivity contribution in [1.82, 2.24) is 10.2 Å². The Hall–Kier alpha value is -1.10. The van der Waals surface area contributed by atoms with Gasteiger partial charge < -0.3 is 15.0 Å². The molecule has 0 bridgehead atoms. The van der Waals surface area contributed by atoms with E-state index >= 15 is 0 Å². The fourth-order valence-electron chi connectivity index (χ4n) is 2.42. The van der Waals surface area contributed by atoms with Gasteiger partial charge >= 0.3 is 0 Å². The van der Waals surface area contributed by atoms with Crippen LogP contribution in [-0.2, 0) is 22.6 Å². The Balaban J connectivity index is 0.00000120. The Morgan fingerprint density at radius 2 is 1.94 bits per heavy atom. The predicted octanol–water partition coefficient (Wildman–Crippen LogP) is 0.939. The van der Waals surface area contributed by atoms with Gasteiger partial charge in [-0.25, -0.2) is 0 Å². The molecule has 0 saturated carbocycles. The van der Waals surface area contributed by atoms with E-state index in [2.05, 4.69) is 17.4 Å². The number of benzene rings is 1. The first-order valence-corrected chi connectivity index (χ1v) is 6.02. The summed E-state index contributed by atoms with van der Waals surface area (Å²) in [5, 5.41) is 3.19. The van der Waals surface area contributed by atoms with Crippen LogP contribution in [-0.4, -0.2) is 36.6 Å². The fraction of sp³-hybridized carbons (Fsp3) is 0.462. The number of fused-ring (bicyclic) bond motifs is 1. The summed E-state index contributed by atoms with van der Waals surface area (Å²) in [6, 6.07) is 8.21. The highest BCUT2D eigenvalue weighted by atomic mass is 35.5. The minimum absolute atomic E-state index is 0. The van der Waals surface area contributed by atoms with Crippen molar-refractivity contribution in [2.45, 2.75) is 19.2 Å². The van der Waals surface area contributed by atoms with Crippen molar-refractivity contribution < 1.29 is 9.53 Å². The highest BCUT2D eigenvalue weighted by Crippen LogP contribution is 2.23. The number of amides is 1. The molecular weight excluding hydrogens is 252 g/mol. The number of ether oxygens (including phenoxy) is 1. The van der Waals surface area contributed by atoms with Crippen LogP contribution in [0.4, 0.5) is 0 Å². The normalized spacial score (nSPS) is 22.2. The molecule has 2 aliphatic heterocycles. The van der Waals surface area contributed by atoms with Crippen LogP contribution < -0.4 is 5.32 Å². The third-order valence-corrected chi connectivity index (χ3v) is 3.36. The number of hydrogen-bond donors (Lipinski definition) is 1. The molecule has 1 fully saturated rings. The van der Waals surface area contributed by atoms with E-state index in [-0.39, 0.29) is 24.4 Å². The number of nitrogens with zero attached hydrogens (tertiary/aromatic N) is 1. The maximum Gasteiger partial charge on any atom is 0.253 e.